The van der Waals surface area contributed by atoms with Gasteiger partial charge in [0.15, 0.2) is 0 Å². The summed E-state index contributed by atoms with van der Waals surface area (Å²) < 4.78 is 5.52. The fourth-order valence-corrected chi connectivity index (χ4v) is 6.39. The number of ether oxygens (including phenoxy) is 1. The molecule has 1 atom stereocenters. The second-order valence-corrected chi connectivity index (χ2v) is 14.8. The summed E-state index contributed by atoms with van der Waals surface area (Å²) in [5.41, 5.74) is 0.365. The average molecular weight is 691 g/mol. The van der Waals surface area contributed by atoms with E-state index in [0.29, 0.717) is 18.6 Å². The molecule has 0 bridgehead atoms. The summed E-state index contributed by atoms with van der Waals surface area (Å²) in [4.78, 5) is 37.5. The molecule has 0 aromatic rings. The minimum Gasteiger partial charge on any atom is -0.464 e. The summed E-state index contributed by atoms with van der Waals surface area (Å²) in [6, 6.07) is -0.881. The van der Waals surface area contributed by atoms with E-state index in [1.54, 1.807) is 6.92 Å². The maximum Gasteiger partial charge on any atom is 0.330 e. The lowest BCUT2D eigenvalue weighted by Crippen LogP contribution is -2.49. The monoisotopic (exact) mass is 691 g/mol. The normalized spacial score (nSPS) is 11.7. The molecule has 2 amide bonds. The highest BCUT2D eigenvalue weighted by atomic mass is 16.5. The first-order valence-corrected chi connectivity index (χ1v) is 21.3. The largest absolute Gasteiger partial charge is 0.464 e. The first-order chi connectivity index (χ1) is 23.9. The van der Waals surface area contributed by atoms with Crippen molar-refractivity contribution in [1.82, 2.24) is 10.6 Å². The minimum absolute atomic E-state index is 0.00802. The number of amides is 2. The van der Waals surface area contributed by atoms with Crippen LogP contribution in [0.5, 0.6) is 0 Å². The molecule has 0 radical (unpaired) electrons. The molecule has 0 heterocycles. The van der Waals surface area contributed by atoms with Crippen LogP contribution in [0.15, 0.2) is 12.2 Å². The number of unbranched alkanes of at least 4 members (excludes halogenated alkanes) is 29. The van der Waals surface area contributed by atoms with Gasteiger partial charge in [0, 0.05) is 18.5 Å². The van der Waals surface area contributed by atoms with E-state index in [4.69, 9.17) is 4.74 Å². The first-order valence-electron chi connectivity index (χ1n) is 21.3. The Morgan fingerprint density at radius 2 is 0.837 bits per heavy atom. The summed E-state index contributed by atoms with van der Waals surface area (Å²) in [5, 5.41) is 5.50. The van der Waals surface area contributed by atoms with Crippen molar-refractivity contribution in [3.8, 4) is 0 Å². The molecule has 49 heavy (non-hydrogen) atoms. The molecule has 6 nitrogen and oxygen atoms in total. The summed E-state index contributed by atoms with van der Waals surface area (Å²) in [5.74, 6) is -0.969. The molecule has 0 fully saturated rings. The van der Waals surface area contributed by atoms with Gasteiger partial charge in [-0.05, 0) is 19.8 Å². The second kappa shape index (κ2) is 37.4. The van der Waals surface area contributed by atoms with E-state index >= 15 is 0 Å². The van der Waals surface area contributed by atoms with Crippen LogP contribution < -0.4 is 10.6 Å². The third kappa shape index (κ3) is 34.4. The molecular formula is C43H82N2O4. The van der Waals surface area contributed by atoms with E-state index in [-0.39, 0.29) is 18.4 Å². The summed E-state index contributed by atoms with van der Waals surface area (Å²) in [7, 11) is 0. The Bertz CT molecular complexity index is 784. The van der Waals surface area contributed by atoms with Crippen molar-refractivity contribution in [2.24, 2.45) is 0 Å². The Balaban J connectivity index is 3.97. The second-order valence-electron chi connectivity index (χ2n) is 14.8. The van der Waals surface area contributed by atoms with Crippen LogP contribution in [0, 0.1) is 0 Å². The fraction of sp³-hybridized carbons (Fsp3) is 0.884. The molecule has 1 unspecified atom stereocenters. The fourth-order valence-electron chi connectivity index (χ4n) is 6.39. The number of carbonyl (C=O) groups is 3. The highest BCUT2D eigenvalue weighted by molar-refractivity contribution is 5.93. The summed E-state index contributed by atoms with van der Waals surface area (Å²) >= 11 is 0. The third-order valence-electron chi connectivity index (χ3n) is 9.72. The zero-order valence-corrected chi connectivity index (χ0v) is 33.0. The molecule has 0 aromatic carbocycles. The van der Waals surface area contributed by atoms with Crippen molar-refractivity contribution in [3.05, 3.63) is 12.2 Å². The Kier molecular flexibility index (Phi) is 36.0. The highest BCUT2D eigenvalue weighted by Crippen LogP contribution is 2.15. The van der Waals surface area contributed by atoms with Crippen LogP contribution in [0.4, 0.5) is 0 Å². The van der Waals surface area contributed by atoms with Crippen LogP contribution in [0.25, 0.3) is 0 Å². The zero-order valence-electron chi connectivity index (χ0n) is 33.0. The molecule has 0 aliphatic carbocycles. The summed E-state index contributed by atoms with van der Waals surface area (Å²) in [6.45, 7) is 10.2. The molecule has 0 saturated carbocycles. The van der Waals surface area contributed by atoms with Gasteiger partial charge in [-0.25, -0.2) is 4.79 Å². The predicted octanol–water partition coefficient (Wildman–Crippen LogP) is 12.2. The van der Waals surface area contributed by atoms with E-state index in [1.807, 2.05) is 0 Å². The Morgan fingerprint density at radius 1 is 0.510 bits per heavy atom. The van der Waals surface area contributed by atoms with Gasteiger partial charge in [0.2, 0.25) is 11.8 Å². The van der Waals surface area contributed by atoms with Crippen molar-refractivity contribution in [3.63, 3.8) is 0 Å². The van der Waals surface area contributed by atoms with Gasteiger partial charge in [0.05, 0.1) is 6.61 Å². The summed E-state index contributed by atoms with van der Waals surface area (Å²) in [6.07, 6.45) is 40.3. The van der Waals surface area contributed by atoms with Gasteiger partial charge in [0.1, 0.15) is 6.04 Å². The van der Waals surface area contributed by atoms with Gasteiger partial charge in [-0.15, -0.1) is 0 Å². The van der Waals surface area contributed by atoms with Crippen LogP contribution in [0.1, 0.15) is 226 Å². The molecular weight excluding hydrogens is 608 g/mol. The number of rotatable bonds is 38. The topological polar surface area (TPSA) is 84.5 Å². The van der Waals surface area contributed by atoms with Gasteiger partial charge < -0.3 is 15.4 Å². The number of nitrogens with one attached hydrogen (secondary N) is 2. The minimum atomic E-state index is -0.881. The molecule has 2 N–H and O–H groups in total. The van der Waals surface area contributed by atoms with Crippen LogP contribution in [-0.4, -0.2) is 37.0 Å². The van der Waals surface area contributed by atoms with Gasteiger partial charge in [-0.1, -0.05) is 207 Å². The van der Waals surface area contributed by atoms with Crippen LogP contribution in [0.2, 0.25) is 0 Å². The van der Waals surface area contributed by atoms with Crippen molar-refractivity contribution in [2.75, 3.05) is 13.2 Å². The lowest BCUT2D eigenvalue weighted by molar-refractivity contribution is -0.148. The lowest BCUT2D eigenvalue weighted by Gasteiger charge is -2.18. The van der Waals surface area contributed by atoms with Crippen LogP contribution in [-0.2, 0) is 19.1 Å². The molecule has 288 valence electrons. The predicted molar refractivity (Wildman–Crippen MR) is 210 cm³/mol. The quantitative estimate of drug-likeness (QED) is 0.0384. The molecule has 0 aliphatic heterocycles. The number of hydrogen-bond acceptors (Lipinski definition) is 4. The Morgan fingerprint density at radius 3 is 1.18 bits per heavy atom. The van der Waals surface area contributed by atoms with Gasteiger partial charge in [-0.2, -0.15) is 0 Å². The smallest absolute Gasteiger partial charge is 0.330 e. The van der Waals surface area contributed by atoms with E-state index in [1.165, 1.54) is 161 Å². The SMILES string of the molecule is C=C(C)C(=O)NCC(NC(=O)CCCCCCCCCCCCCCCCC)C(=O)OCCCCCCCCCCCCCCCCCC. The van der Waals surface area contributed by atoms with Gasteiger partial charge >= 0.3 is 5.97 Å². The van der Waals surface area contributed by atoms with Crippen LogP contribution in [0.3, 0.4) is 0 Å². The number of carbonyl (C=O) groups excluding carboxylic acids is 3. The van der Waals surface area contributed by atoms with Crippen LogP contribution >= 0.6 is 0 Å². The van der Waals surface area contributed by atoms with Crippen molar-refractivity contribution in [2.45, 2.75) is 232 Å². The average Bonchev–Trinajstić information content (AvgIpc) is 3.09. The van der Waals surface area contributed by atoms with E-state index < -0.39 is 12.0 Å². The van der Waals surface area contributed by atoms with E-state index in [0.717, 1.165) is 38.5 Å². The van der Waals surface area contributed by atoms with Crippen molar-refractivity contribution < 1.29 is 19.1 Å². The maximum absolute atomic E-state index is 12.8. The van der Waals surface area contributed by atoms with Crippen molar-refractivity contribution in [1.29, 1.82) is 0 Å². The molecule has 0 aromatic heterocycles. The Labute approximate surface area is 304 Å². The zero-order chi connectivity index (χ0) is 36.0. The molecule has 0 rings (SSSR count). The van der Waals surface area contributed by atoms with Gasteiger partial charge in [-0.3, -0.25) is 9.59 Å². The van der Waals surface area contributed by atoms with E-state index in [2.05, 4.69) is 31.1 Å². The maximum atomic E-state index is 12.8. The van der Waals surface area contributed by atoms with Gasteiger partial charge in [0.25, 0.3) is 0 Å². The number of esters is 1. The highest BCUT2D eigenvalue weighted by Gasteiger charge is 2.23. The lowest BCUT2D eigenvalue weighted by atomic mass is 10.0. The molecule has 6 heteroatoms. The van der Waals surface area contributed by atoms with E-state index in [9.17, 15) is 14.4 Å². The Hall–Kier alpha value is -1.85. The third-order valence-corrected chi connectivity index (χ3v) is 9.72. The standard InChI is InChI=1S/C43H82N2O4/c1-5-7-9-11-13-15-17-19-21-23-25-27-29-31-33-35-37-49-43(48)40(38-44-42(47)39(3)4)45-41(46)36-34-32-30-28-26-24-22-20-18-16-14-12-10-8-6-2/h40H,3,5-38H2,1-2,4H3,(H,44,47)(H,45,46). The van der Waals surface area contributed by atoms with Crippen molar-refractivity contribution >= 4 is 17.8 Å². The molecule has 0 aliphatic rings. The molecule has 0 saturated heterocycles. The number of hydrogen-bond donors (Lipinski definition) is 2. The first kappa shape index (κ1) is 47.1. The molecule has 0 spiro atoms.